The van der Waals surface area contributed by atoms with Gasteiger partial charge in [0.15, 0.2) is 0 Å². The van der Waals surface area contributed by atoms with Gasteiger partial charge in [0.05, 0.1) is 5.92 Å². The Morgan fingerprint density at radius 3 is 2.58 bits per heavy atom. The van der Waals surface area contributed by atoms with E-state index in [4.69, 9.17) is 0 Å². The second kappa shape index (κ2) is 12.7. The summed E-state index contributed by atoms with van der Waals surface area (Å²) in [6.07, 6.45) is 5.66. The predicted octanol–water partition coefficient (Wildman–Crippen LogP) is 7.36. The van der Waals surface area contributed by atoms with Crippen LogP contribution in [-0.2, 0) is 11.3 Å². The van der Waals surface area contributed by atoms with Crippen molar-refractivity contribution >= 4 is 17.8 Å². The first kappa shape index (κ1) is 28.9. The smallest absolute Gasteiger partial charge is 0.347 e. The van der Waals surface area contributed by atoms with E-state index in [1.807, 2.05) is 57.2 Å². The van der Waals surface area contributed by atoms with Gasteiger partial charge in [-0.3, -0.25) is 14.7 Å². The summed E-state index contributed by atoms with van der Waals surface area (Å²) in [5.74, 6) is -1.13. The minimum Gasteiger partial charge on any atom is -0.347 e. The van der Waals surface area contributed by atoms with Gasteiger partial charge in [-0.1, -0.05) is 49.9 Å². The number of carbonyl (C=O) groups excluding carboxylic acids is 1. The van der Waals surface area contributed by atoms with Crippen molar-refractivity contribution in [2.24, 2.45) is 15.9 Å². The van der Waals surface area contributed by atoms with Crippen molar-refractivity contribution in [3.63, 3.8) is 0 Å². The minimum atomic E-state index is -4.22. The highest BCUT2D eigenvalue weighted by Gasteiger charge is 2.41. The van der Waals surface area contributed by atoms with Gasteiger partial charge in [-0.15, -0.1) is 0 Å². The van der Waals surface area contributed by atoms with Crippen LogP contribution < -0.4 is 5.32 Å². The van der Waals surface area contributed by atoms with E-state index >= 15 is 0 Å². The van der Waals surface area contributed by atoms with E-state index in [-0.39, 0.29) is 18.7 Å². The molecule has 0 saturated heterocycles. The molecule has 0 bridgehead atoms. The standard InChI is InChI=1S/C30H35F3N4O/c1-6-9-25-14-15-26(30(31,32)33)18-27(25)36-21(4)24-12-10-23(11-13-24)19-35-29(38)28(20(3)7-2)37-17-8-16-34-22(37)5/h6,8-13,16-17,26H,5,7,14-15,18-19H2,1-4H3,(H,35,38)/b9-6-,28-20+,36-21?. The summed E-state index contributed by atoms with van der Waals surface area (Å²) in [7, 11) is 0. The number of rotatable bonds is 8. The van der Waals surface area contributed by atoms with Crippen molar-refractivity contribution in [2.45, 2.75) is 66.1 Å². The summed E-state index contributed by atoms with van der Waals surface area (Å²) >= 11 is 0. The van der Waals surface area contributed by atoms with Crippen molar-refractivity contribution in [1.82, 2.24) is 10.2 Å². The number of alkyl halides is 3. The first-order valence-corrected chi connectivity index (χ1v) is 12.8. The number of benzene rings is 1. The van der Waals surface area contributed by atoms with Gasteiger partial charge in [-0.2, -0.15) is 13.2 Å². The van der Waals surface area contributed by atoms with Crippen molar-refractivity contribution < 1.29 is 18.0 Å². The lowest BCUT2D eigenvalue weighted by atomic mass is 9.86. The molecule has 0 saturated carbocycles. The van der Waals surface area contributed by atoms with E-state index in [9.17, 15) is 18.0 Å². The molecular formula is C30H35F3N4O. The molecule has 1 amide bonds. The fourth-order valence-corrected chi connectivity index (χ4v) is 4.40. The number of carbonyl (C=O) groups is 1. The van der Waals surface area contributed by atoms with Crippen molar-refractivity contribution in [3.05, 3.63) is 94.8 Å². The van der Waals surface area contributed by atoms with Gasteiger partial charge in [0.2, 0.25) is 0 Å². The first-order chi connectivity index (χ1) is 18.0. The second-order valence-electron chi connectivity index (χ2n) is 9.42. The fourth-order valence-electron chi connectivity index (χ4n) is 4.40. The fraction of sp³-hybridized carbons (Fsp3) is 0.367. The summed E-state index contributed by atoms with van der Waals surface area (Å²) < 4.78 is 40.1. The molecule has 2 aliphatic rings. The number of hydrogen-bond donors (Lipinski definition) is 1. The van der Waals surface area contributed by atoms with E-state index in [0.717, 1.165) is 22.3 Å². The van der Waals surface area contributed by atoms with E-state index in [1.54, 1.807) is 30.3 Å². The Labute approximate surface area is 222 Å². The number of aliphatic imine (C=N–C) groups is 2. The van der Waals surface area contributed by atoms with Crippen LogP contribution in [0.3, 0.4) is 0 Å². The molecule has 0 spiro atoms. The maximum atomic E-state index is 13.4. The molecule has 1 aliphatic heterocycles. The molecule has 8 heteroatoms. The summed E-state index contributed by atoms with van der Waals surface area (Å²) in [5, 5.41) is 2.97. The molecule has 1 heterocycles. The first-order valence-electron chi connectivity index (χ1n) is 12.8. The highest BCUT2D eigenvalue weighted by atomic mass is 19.4. The average molecular weight is 525 g/mol. The van der Waals surface area contributed by atoms with Gasteiger partial charge in [0.25, 0.3) is 5.91 Å². The molecule has 1 aromatic rings. The molecule has 0 aromatic heterocycles. The Morgan fingerprint density at radius 1 is 1.26 bits per heavy atom. The Bertz CT molecular complexity index is 1230. The zero-order chi connectivity index (χ0) is 27.9. The zero-order valence-corrected chi connectivity index (χ0v) is 22.4. The molecule has 5 nitrogen and oxygen atoms in total. The van der Waals surface area contributed by atoms with E-state index < -0.39 is 12.1 Å². The molecule has 1 aliphatic carbocycles. The molecule has 0 fully saturated rings. The van der Waals surface area contributed by atoms with E-state index in [1.165, 1.54) is 0 Å². The molecule has 1 aromatic carbocycles. The van der Waals surface area contributed by atoms with Crippen LogP contribution in [0.2, 0.25) is 0 Å². The van der Waals surface area contributed by atoms with Gasteiger partial charge in [0, 0.05) is 36.8 Å². The Hall–Kier alpha value is -3.68. The highest BCUT2D eigenvalue weighted by molar-refractivity contribution is 5.99. The van der Waals surface area contributed by atoms with Crippen molar-refractivity contribution in [1.29, 1.82) is 0 Å². The third kappa shape index (κ3) is 7.21. The topological polar surface area (TPSA) is 57.1 Å². The zero-order valence-electron chi connectivity index (χ0n) is 22.4. The van der Waals surface area contributed by atoms with Gasteiger partial charge >= 0.3 is 6.18 Å². The Kier molecular flexibility index (Phi) is 9.66. The van der Waals surface area contributed by atoms with E-state index in [0.29, 0.717) is 42.3 Å². The number of halogens is 3. The van der Waals surface area contributed by atoms with Crippen molar-refractivity contribution in [3.8, 4) is 0 Å². The Morgan fingerprint density at radius 2 is 1.97 bits per heavy atom. The summed E-state index contributed by atoms with van der Waals surface area (Å²) in [6, 6.07) is 7.52. The van der Waals surface area contributed by atoms with Gasteiger partial charge in [0.1, 0.15) is 11.5 Å². The molecular weight excluding hydrogens is 489 g/mol. The second-order valence-corrected chi connectivity index (χ2v) is 9.42. The van der Waals surface area contributed by atoms with Gasteiger partial charge in [-0.05, 0) is 68.4 Å². The van der Waals surface area contributed by atoms with Gasteiger partial charge in [-0.25, -0.2) is 4.99 Å². The maximum Gasteiger partial charge on any atom is 0.392 e. The number of hydrogen-bond acceptors (Lipinski definition) is 4. The van der Waals surface area contributed by atoms with Crippen LogP contribution in [0.1, 0.15) is 64.5 Å². The molecule has 202 valence electrons. The van der Waals surface area contributed by atoms with Crippen LogP contribution in [-0.4, -0.2) is 28.9 Å². The monoisotopic (exact) mass is 524 g/mol. The highest BCUT2D eigenvalue weighted by Crippen LogP contribution is 2.40. The molecule has 0 radical (unpaired) electrons. The molecule has 1 N–H and O–H groups in total. The Balaban J connectivity index is 1.73. The third-order valence-corrected chi connectivity index (χ3v) is 6.74. The molecule has 38 heavy (non-hydrogen) atoms. The minimum absolute atomic E-state index is 0.0890. The summed E-state index contributed by atoms with van der Waals surface area (Å²) in [6.45, 7) is 11.8. The third-order valence-electron chi connectivity index (χ3n) is 6.74. The SMILES string of the molecule is C=C1N=CC=CN1/C(C(=O)NCc1ccc(C(C)=NC2=C(/C=C\C)CCC(C(F)(F)F)C2)cc1)=C(\C)CC. The lowest BCUT2D eigenvalue weighted by Crippen LogP contribution is -2.33. The van der Waals surface area contributed by atoms with Crippen LogP contribution in [0, 0.1) is 5.92 Å². The number of nitrogens with zero attached hydrogens (tertiary/aromatic N) is 3. The average Bonchev–Trinajstić information content (AvgIpc) is 2.89. The lowest BCUT2D eigenvalue weighted by molar-refractivity contribution is -0.176. The van der Waals surface area contributed by atoms with Crippen molar-refractivity contribution in [2.75, 3.05) is 0 Å². The molecule has 1 unspecified atom stereocenters. The number of allylic oxidation sites excluding steroid dienone is 6. The van der Waals surface area contributed by atoms with Crippen LogP contribution in [0.25, 0.3) is 0 Å². The number of nitrogens with one attached hydrogen (secondary N) is 1. The largest absolute Gasteiger partial charge is 0.392 e. The maximum absolute atomic E-state index is 13.4. The number of amides is 1. The predicted molar refractivity (Wildman–Crippen MR) is 147 cm³/mol. The van der Waals surface area contributed by atoms with Gasteiger partial charge < -0.3 is 5.32 Å². The van der Waals surface area contributed by atoms with Crippen LogP contribution in [0.4, 0.5) is 13.2 Å². The van der Waals surface area contributed by atoms with Crippen LogP contribution in [0.5, 0.6) is 0 Å². The van der Waals surface area contributed by atoms with Crippen LogP contribution in [0.15, 0.2) is 93.6 Å². The van der Waals surface area contributed by atoms with Crippen LogP contribution >= 0.6 is 0 Å². The molecule has 3 rings (SSSR count). The summed E-state index contributed by atoms with van der Waals surface area (Å²) in [5.41, 5.74) is 5.12. The molecule has 1 atom stereocenters. The van der Waals surface area contributed by atoms with E-state index in [2.05, 4.69) is 21.9 Å². The lowest BCUT2D eigenvalue weighted by Gasteiger charge is -2.26. The summed E-state index contributed by atoms with van der Waals surface area (Å²) in [4.78, 5) is 23.6. The quantitative estimate of drug-likeness (QED) is 0.285. The normalized spacial score (nSPS) is 19.3.